The van der Waals surface area contributed by atoms with E-state index in [0.29, 0.717) is 0 Å². The van der Waals surface area contributed by atoms with Crippen LogP contribution in [0.3, 0.4) is 0 Å². The summed E-state index contributed by atoms with van der Waals surface area (Å²) in [6.45, 7) is 0. The molecule has 3 aromatic carbocycles. The minimum atomic E-state index is -4.03. The molecule has 0 bridgehead atoms. The molecule has 0 aliphatic carbocycles. The van der Waals surface area contributed by atoms with E-state index in [0.717, 1.165) is 18.2 Å². The summed E-state index contributed by atoms with van der Waals surface area (Å²) in [6.07, 6.45) is 0. The average molecular weight is 475 g/mol. The predicted octanol–water partition coefficient (Wildman–Crippen LogP) is 3.12. The largest absolute Gasteiger partial charge is 0.278 e. The molecule has 0 heterocycles. The SMILES string of the molecule is O=C(NNC(=O)c1cccc(S(=O)(=O)Nc2ccccc2Cl)c1)c1ccc([N+](=O)[O-])cc1. The Kier molecular flexibility index (Phi) is 6.71. The number of anilines is 1. The Balaban J connectivity index is 1.69. The van der Waals surface area contributed by atoms with Crippen molar-refractivity contribution in [3.8, 4) is 0 Å². The number of halogens is 1. The maximum atomic E-state index is 12.6. The Bertz CT molecular complexity index is 1300. The van der Waals surface area contributed by atoms with Gasteiger partial charge in [-0.2, -0.15) is 0 Å². The molecule has 32 heavy (non-hydrogen) atoms. The molecule has 0 fully saturated rings. The molecule has 2 amide bonds. The third kappa shape index (κ3) is 5.39. The van der Waals surface area contributed by atoms with Gasteiger partial charge in [0.2, 0.25) is 0 Å². The molecule has 0 aliphatic heterocycles. The highest BCUT2D eigenvalue weighted by Crippen LogP contribution is 2.24. The average Bonchev–Trinajstić information content (AvgIpc) is 2.78. The second-order valence-electron chi connectivity index (χ2n) is 6.33. The summed E-state index contributed by atoms with van der Waals surface area (Å²) in [5.74, 6) is -1.48. The second-order valence-corrected chi connectivity index (χ2v) is 8.42. The third-order valence-electron chi connectivity index (χ3n) is 4.15. The Morgan fingerprint density at radius 3 is 2.09 bits per heavy atom. The van der Waals surface area contributed by atoms with Crippen LogP contribution < -0.4 is 15.6 Å². The Morgan fingerprint density at radius 2 is 1.47 bits per heavy atom. The summed E-state index contributed by atoms with van der Waals surface area (Å²) in [4.78, 5) is 34.3. The van der Waals surface area contributed by atoms with Crippen molar-refractivity contribution in [2.45, 2.75) is 4.90 Å². The zero-order chi connectivity index (χ0) is 23.3. The lowest BCUT2D eigenvalue weighted by Gasteiger charge is -2.11. The number of rotatable bonds is 6. The first-order valence-corrected chi connectivity index (χ1v) is 10.8. The summed E-state index contributed by atoms with van der Waals surface area (Å²) < 4.78 is 27.6. The maximum Gasteiger partial charge on any atom is 0.269 e. The smallest absolute Gasteiger partial charge is 0.269 e. The number of benzene rings is 3. The van der Waals surface area contributed by atoms with Crippen LogP contribution in [-0.2, 0) is 10.0 Å². The van der Waals surface area contributed by atoms with Crippen molar-refractivity contribution in [1.82, 2.24) is 10.9 Å². The van der Waals surface area contributed by atoms with Crippen LogP contribution in [0.2, 0.25) is 5.02 Å². The van der Waals surface area contributed by atoms with E-state index in [1.165, 1.54) is 42.5 Å². The highest BCUT2D eigenvalue weighted by molar-refractivity contribution is 7.92. The molecule has 0 aliphatic rings. The van der Waals surface area contributed by atoms with Crippen molar-refractivity contribution in [2.24, 2.45) is 0 Å². The lowest BCUT2D eigenvalue weighted by atomic mass is 10.2. The highest BCUT2D eigenvalue weighted by Gasteiger charge is 2.18. The fourth-order valence-electron chi connectivity index (χ4n) is 2.54. The lowest BCUT2D eigenvalue weighted by Crippen LogP contribution is -2.41. The van der Waals surface area contributed by atoms with Crippen LogP contribution in [0.15, 0.2) is 77.7 Å². The van der Waals surface area contributed by atoms with E-state index < -0.39 is 26.8 Å². The van der Waals surface area contributed by atoms with Crippen molar-refractivity contribution in [3.05, 3.63) is 99.1 Å². The van der Waals surface area contributed by atoms with E-state index in [1.807, 2.05) is 0 Å². The molecule has 0 spiro atoms. The van der Waals surface area contributed by atoms with Crippen LogP contribution in [0.4, 0.5) is 11.4 Å². The zero-order valence-electron chi connectivity index (χ0n) is 16.1. The maximum absolute atomic E-state index is 12.6. The number of nitro benzene ring substituents is 1. The van der Waals surface area contributed by atoms with E-state index in [9.17, 15) is 28.1 Å². The number of non-ortho nitro benzene ring substituents is 1. The summed E-state index contributed by atoms with van der Waals surface area (Å²) >= 11 is 5.98. The van der Waals surface area contributed by atoms with Gasteiger partial charge in [-0.05, 0) is 42.5 Å². The van der Waals surface area contributed by atoms with Gasteiger partial charge in [0.05, 0.1) is 20.5 Å². The molecule has 0 atom stereocenters. The van der Waals surface area contributed by atoms with Gasteiger partial charge in [0, 0.05) is 23.3 Å². The lowest BCUT2D eigenvalue weighted by molar-refractivity contribution is -0.384. The number of nitro groups is 1. The molecule has 0 saturated carbocycles. The van der Waals surface area contributed by atoms with Gasteiger partial charge in [0.1, 0.15) is 0 Å². The number of para-hydroxylation sites is 1. The predicted molar refractivity (Wildman–Crippen MR) is 117 cm³/mol. The van der Waals surface area contributed by atoms with Crippen LogP contribution in [0.1, 0.15) is 20.7 Å². The van der Waals surface area contributed by atoms with E-state index in [-0.39, 0.29) is 32.4 Å². The number of carbonyl (C=O) groups is 2. The van der Waals surface area contributed by atoms with Gasteiger partial charge in [-0.15, -0.1) is 0 Å². The number of sulfonamides is 1. The molecule has 3 N–H and O–H groups in total. The number of amides is 2. The molecular weight excluding hydrogens is 460 g/mol. The Hall–Kier alpha value is -3.96. The molecule has 3 aromatic rings. The zero-order valence-corrected chi connectivity index (χ0v) is 17.7. The number of hydrazine groups is 1. The van der Waals surface area contributed by atoms with Gasteiger partial charge in [0.15, 0.2) is 0 Å². The highest BCUT2D eigenvalue weighted by atomic mass is 35.5. The Morgan fingerprint density at radius 1 is 0.844 bits per heavy atom. The first-order valence-electron chi connectivity index (χ1n) is 8.90. The number of hydrogen-bond donors (Lipinski definition) is 3. The molecule has 0 radical (unpaired) electrons. The van der Waals surface area contributed by atoms with Gasteiger partial charge in [0.25, 0.3) is 27.5 Å². The number of hydrogen-bond acceptors (Lipinski definition) is 6. The van der Waals surface area contributed by atoms with Crippen molar-refractivity contribution in [2.75, 3.05) is 4.72 Å². The Labute approximate surface area is 187 Å². The van der Waals surface area contributed by atoms with Gasteiger partial charge < -0.3 is 0 Å². The number of nitrogens with one attached hydrogen (secondary N) is 3. The van der Waals surface area contributed by atoms with Crippen LogP contribution in [0.25, 0.3) is 0 Å². The minimum absolute atomic E-state index is 0.0315. The summed E-state index contributed by atoms with van der Waals surface area (Å²) in [6, 6.07) is 16.2. The topological polar surface area (TPSA) is 148 Å². The van der Waals surface area contributed by atoms with Crippen LogP contribution >= 0.6 is 11.6 Å². The van der Waals surface area contributed by atoms with E-state index in [1.54, 1.807) is 12.1 Å². The molecular formula is C20H15ClN4O6S. The minimum Gasteiger partial charge on any atom is -0.278 e. The van der Waals surface area contributed by atoms with Gasteiger partial charge in [-0.3, -0.25) is 35.3 Å². The summed E-state index contributed by atoms with van der Waals surface area (Å²) in [5, 5.41) is 10.9. The van der Waals surface area contributed by atoms with Crippen LogP contribution in [0.5, 0.6) is 0 Å². The third-order valence-corrected chi connectivity index (χ3v) is 5.85. The number of nitrogens with zero attached hydrogens (tertiary/aromatic N) is 1. The van der Waals surface area contributed by atoms with Crippen molar-refractivity contribution < 1.29 is 22.9 Å². The van der Waals surface area contributed by atoms with Gasteiger partial charge >= 0.3 is 0 Å². The van der Waals surface area contributed by atoms with Gasteiger partial charge in [-0.25, -0.2) is 8.42 Å². The van der Waals surface area contributed by atoms with Crippen LogP contribution in [-0.4, -0.2) is 25.2 Å². The van der Waals surface area contributed by atoms with Crippen LogP contribution in [0, 0.1) is 10.1 Å². The molecule has 3 rings (SSSR count). The van der Waals surface area contributed by atoms with Crippen molar-refractivity contribution in [3.63, 3.8) is 0 Å². The standard InChI is InChI=1S/C20H15ClN4O6S/c21-17-6-1-2-7-18(17)24-32(30,31)16-5-3-4-14(12-16)20(27)23-22-19(26)13-8-10-15(11-9-13)25(28)29/h1-12,24H,(H,22,26)(H,23,27). The fourth-order valence-corrected chi connectivity index (χ4v) is 3.91. The number of carbonyl (C=O) groups excluding carboxylic acids is 2. The molecule has 164 valence electrons. The normalized spacial score (nSPS) is 10.8. The molecule has 12 heteroatoms. The second kappa shape index (κ2) is 9.45. The van der Waals surface area contributed by atoms with E-state index >= 15 is 0 Å². The molecule has 10 nitrogen and oxygen atoms in total. The first-order chi connectivity index (χ1) is 15.2. The first kappa shape index (κ1) is 22.7. The van der Waals surface area contributed by atoms with Crippen molar-refractivity contribution in [1.29, 1.82) is 0 Å². The summed E-state index contributed by atoms with van der Waals surface area (Å²) in [5.41, 5.74) is 4.37. The summed E-state index contributed by atoms with van der Waals surface area (Å²) in [7, 11) is -4.03. The van der Waals surface area contributed by atoms with E-state index in [2.05, 4.69) is 15.6 Å². The van der Waals surface area contributed by atoms with Crippen molar-refractivity contribution >= 4 is 44.8 Å². The molecule has 0 unspecified atom stereocenters. The quantitative estimate of drug-likeness (QED) is 0.369. The molecule has 0 aromatic heterocycles. The molecule has 0 saturated heterocycles. The fraction of sp³-hybridized carbons (Fsp3) is 0. The van der Waals surface area contributed by atoms with E-state index in [4.69, 9.17) is 11.6 Å². The van der Waals surface area contributed by atoms with Gasteiger partial charge in [-0.1, -0.05) is 29.8 Å². The monoisotopic (exact) mass is 474 g/mol.